The van der Waals surface area contributed by atoms with E-state index in [1.807, 2.05) is 73.2 Å². The third-order valence-corrected chi connectivity index (χ3v) is 3.94. The number of rotatable bonds is 3. The van der Waals surface area contributed by atoms with Gasteiger partial charge in [0.2, 0.25) is 5.78 Å². The van der Waals surface area contributed by atoms with Gasteiger partial charge in [0.15, 0.2) is 5.75 Å². The molecule has 0 aliphatic carbocycles. The smallest absolute Gasteiger partial charge is 0.418 e. The molecule has 0 saturated heterocycles. The average Bonchev–Trinajstić information content (AvgIpc) is 2.66. The molecule has 2 nitrogen and oxygen atoms in total. The maximum absolute atomic E-state index is 11.4. The summed E-state index contributed by atoms with van der Waals surface area (Å²) in [7, 11) is -12.2. The fourth-order valence-corrected chi connectivity index (χ4v) is 2.35. The summed E-state index contributed by atoms with van der Waals surface area (Å²) in [5, 5.41) is 0.241. The van der Waals surface area contributed by atoms with Crippen molar-refractivity contribution in [3.05, 3.63) is 71.8 Å². The van der Waals surface area contributed by atoms with Crippen LogP contribution in [-0.2, 0) is 23.5 Å². The summed E-state index contributed by atoms with van der Waals surface area (Å²) in [5.74, 6) is 0.515. The Morgan fingerprint density at radius 1 is 0.710 bits per heavy atom. The molecule has 0 spiro atoms. The molecule has 0 aliphatic rings. The van der Waals surface area contributed by atoms with Crippen molar-refractivity contribution in [1.29, 1.82) is 0 Å². The fourth-order valence-electron chi connectivity index (χ4n) is 1.54. The molecule has 14 heteroatoms. The van der Waals surface area contributed by atoms with Crippen molar-refractivity contribution in [1.82, 2.24) is 0 Å². The van der Waals surface area contributed by atoms with Crippen molar-refractivity contribution in [3.8, 4) is 0 Å². The van der Waals surface area contributed by atoms with Crippen LogP contribution >= 0.6 is 0 Å². The monoisotopic (exact) mass is 494 g/mol. The molecule has 0 radical (unpaired) electrons. The Hall–Kier alpha value is -1.95. The van der Waals surface area contributed by atoms with E-state index in [-0.39, 0.29) is 21.8 Å². The van der Waals surface area contributed by atoms with Crippen LogP contribution < -0.4 is 0 Å². The van der Waals surface area contributed by atoms with E-state index in [0.717, 1.165) is 11.1 Å². The number of benzene rings is 2. The zero-order chi connectivity index (χ0) is 24.7. The molecule has 31 heavy (non-hydrogen) atoms. The minimum Gasteiger partial charge on any atom is -0.418 e. The molecule has 0 fully saturated rings. The van der Waals surface area contributed by atoms with Gasteiger partial charge in [-0.3, -0.25) is 4.79 Å². The molecule has 0 heterocycles. The Morgan fingerprint density at radius 2 is 1.00 bits per heavy atom. The van der Waals surface area contributed by atoms with Crippen LogP contribution in [0.15, 0.2) is 60.7 Å². The van der Waals surface area contributed by atoms with Crippen LogP contribution in [0, 0.1) is 0 Å². The number of carbonyl (C=O) groups excluding carboxylic acids is 2. The Balaban J connectivity index is 0. The fraction of sp³-hybridized carbons (Fsp3) is 0.176. The third-order valence-electron chi connectivity index (χ3n) is 2.64. The predicted molar refractivity (Wildman–Crippen MR) is 116 cm³/mol. The molecule has 0 saturated carbocycles. The maximum atomic E-state index is 11.4. The topological polar surface area (TPSA) is 34.1 Å². The largest absolute Gasteiger partial charge is 0.673 e. The van der Waals surface area contributed by atoms with Crippen molar-refractivity contribution in [2.24, 2.45) is 0 Å². The molecule has 0 atom stereocenters. The molecule has 0 unspecified atom stereocenters. The summed E-state index contributed by atoms with van der Waals surface area (Å²) < 4.78 is 78.0. The lowest BCUT2D eigenvalue weighted by Gasteiger charge is -1.94. The highest BCUT2D eigenvalue weighted by Gasteiger charge is 2.21. The number of hydrogen-bond donors (Lipinski definition) is 0. The Bertz CT molecular complexity index is 734. The normalized spacial score (nSPS) is 10.5. The van der Waals surface area contributed by atoms with Crippen LogP contribution in [0.3, 0.4) is 0 Å². The number of halogens is 8. The highest BCUT2D eigenvalue weighted by Crippen LogP contribution is 2.07. The van der Waals surface area contributed by atoms with E-state index in [2.05, 4.69) is 12.6 Å². The Morgan fingerprint density at radius 3 is 1.26 bits per heavy atom. The van der Waals surface area contributed by atoms with Gasteiger partial charge in [0, 0.05) is 5.56 Å². The van der Waals surface area contributed by atoms with Gasteiger partial charge in [0.1, 0.15) is 12.5 Å². The minimum absolute atomic E-state index is 0.122. The molecule has 0 bridgehead atoms. The van der Waals surface area contributed by atoms with Gasteiger partial charge >= 0.3 is 19.6 Å². The van der Waals surface area contributed by atoms with E-state index in [4.69, 9.17) is 0 Å². The zero-order valence-electron chi connectivity index (χ0n) is 16.4. The molecule has 0 N–H and O–H groups in total. The second-order valence-corrected chi connectivity index (χ2v) is 7.78. The molecular formula is C17H20B2F8O2S2. The highest BCUT2D eigenvalue weighted by molar-refractivity contribution is 8.10. The SMILES string of the molecule is C[S+](C)C(=O)c1ccccc1.F[B-](F)(F)F.F[B-](F)(F)F.O=C(C[SH2+])c1ccccc1. The Kier molecular flexibility index (Phi) is 15.9. The van der Waals surface area contributed by atoms with E-state index in [0.29, 0.717) is 5.75 Å². The van der Waals surface area contributed by atoms with Gasteiger partial charge in [-0.15, -0.1) is 0 Å². The molecule has 0 aliphatic heterocycles. The first-order valence-corrected chi connectivity index (χ1v) is 11.0. The molecule has 174 valence electrons. The van der Waals surface area contributed by atoms with Crippen molar-refractivity contribution >= 4 is 48.9 Å². The molecule has 0 aromatic heterocycles. The van der Waals surface area contributed by atoms with Gasteiger partial charge in [-0.05, 0) is 24.8 Å². The lowest BCUT2D eigenvalue weighted by molar-refractivity contribution is 0.102. The van der Waals surface area contributed by atoms with Gasteiger partial charge in [0.25, 0.3) is 0 Å². The second kappa shape index (κ2) is 15.8. The second-order valence-electron chi connectivity index (χ2n) is 5.43. The lowest BCUT2D eigenvalue weighted by Crippen LogP contribution is -2.11. The van der Waals surface area contributed by atoms with E-state index in [9.17, 15) is 44.1 Å². The van der Waals surface area contributed by atoms with Crippen molar-refractivity contribution < 1.29 is 44.1 Å². The van der Waals surface area contributed by atoms with Crippen LogP contribution in [0.1, 0.15) is 20.7 Å². The van der Waals surface area contributed by atoms with Gasteiger partial charge in [-0.2, -0.15) is 0 Å². The van der Waals surface area contributed by atoms with Gasteiger partial charge in [-0.25, -0.2) is 4.79 Å². The molecule has 2 aromatic rings. The highest BCUT2D eigenvalue weighted by atomic mass is 32.2. The summed E-state index contributed by atoms with van der Waals surface area (Å²) >= 11 is 3.15. The third kappa shape index (κ3) is 24.2. The number of Topliss-reactive ketones (excluding diaryl/α,β-unsaturated/α-hetero) is 1. The quantitative estimate of drug-likeness (QED) is 0.255. The van der Waals surface area contributed by atoms with Crippen LogP contribution in [0.5, 0.6) is 0 Å². The molecule has 2 aromatic carbocycles. The van der Waals surface area contributed by atoms with Crippen LogP contribution in [-0.4, -0.2) is 43.7 Å². The lowest BCUT2D eigenvalue weighted by atomic mass is 10.2. The van der Waals surface area contributed by atoms with E-state index >= 15 is 0 Å². The minimum atomic E-state index is -6.00. The molecular weight excluding hydrogens is 474 g/mol. The van der Waals surface area contributed by atoms with E-state index < -0.39 is 14.5 Å². The van der Waals surface area contributed by atoms with Gasteiger partial charge in [-0.1, -0.05) is 48.5 Å². The summed E-state index contributed by atoms with van der Waals surface area (Å²) in [6.45, 7) is 0. The average molecular weight is 494 g/mol. The first kappa shape index (κ1) is 31.2. The molecule has 0 amide bonds. The summed E-state index contributed by atoms with van der Waals surface area (Å²) in [4.78, 5) is 22.3. The van der Waals surface area contributed by atoms with Crippen LogP contribution in [0.2, 0.25) is 0 Å². The number of hydrogen-bond acceptors (Lipinski definition) is 2. The summed E-state index contributed by atoms with van der Waals surface area (Å²) in [6, 6.07) is 18.6. The van der Waals surface area contributed by atoms with Gasteiger partial charge < -0.3 is 34.5 Å². The summed E-state index contributed by atoms with van der Waals surface area (Å²) in [6.07, 6.45) is 3.88. The predicted octanol–water partition coefficient (Wildman–Crippen LogP) is 5.19. The standard InChI is InChI=1S/C9H11OS.C8H8OS.2BF4/c1-11(2)9(10)8-6-4-3-5-7-8;9-8(6-10)7-4-2-1-3-5-7;2*2-1(3,4)5/h3-7H,1-2H3;1-5,10H,6H2;;/q+1;;2*-1/p+1. The van der Waals surface area contributed by atoms with Crippen LogP contribution in [0.4, 0.5) is 34.5 Å². The Labute approximate surface area is 183 Å². The molecule has 2 rings (SSSR count). The van der Waals surface area contributed by atoms with Gasteiger partial charge in [0.05, 0.1) is 16.5 Å². The number of ketones is 1. The van der Waals surface area contributed by atoms with Crippen molar-refractivity contribution in [3.63, 3.8) is 0 Å². The van der Waals surface area contributed by atoms with Crippen molar-refractivity contribution in [2.45, 2.75) is 0 Å². The van der Waals surface area contributed by atoms with Crippen molar-refractivity contribution in [2.75, 3.05) is 18.3 Å². The number of carbonyl (C=O) groups is 2. The maximum Gasteiger partial charge on any atom is 0.673 e. The first-order valence-electron chi connectivity index (χ1n) is 8.20. The van der Waals surface area contributed by atoms with Crippen LogP contribution in [0.25, 0.3) is 0 Å². The van der Waals surface area contributed by atoms with E-state index in [1.165, 1.54) is 0 Å². The zero-order valence-corrected chi connectivity index (χ0v) is 18.2. The van der Waals surface area contributed by atoms with E-state index in [1.54, 1.807) is 0 Å². The summed E-state index contributed by atoms with van der Waals surface area (Å²) in [5.41, 5.74) is 1.58. The first-order chi connectivity index (χ1) is 14.1.